The molecule has 2 fully saturated rings. The Morgan fingerprint density at radius 3 is 2.70 bits per heavy atom. The van der Waals surface area contributed by atoms with Crippen LogP contribution in [-0.2, 0) is 22.4 Å². The van der Waals surface area contributed by atoms with Crippen molar-refractivity contribution >= 4 is 39.3 Å². The van der Waals surface area contributed by atoms with Crippen molar-refractivity contribution < 1.29 is 14.3 Å². The van der Waals surface area contributed by atoms with Crippen molar-refractivity contribution in [2.75, 3.05) is 20.2 Å². The summed E-state index contributed by atoms with van der Waals surface area (Å²) >= 11 is 9.99. The molecule has 2 heterocycles. The van der Waals surface area contributed by atoms with E-state index in [2.05, 4.69) is 21.0 Å². The number of aromatic nitrogens is 2. The lowest BCUT2D eigenvalue weighted by Gasteiger charge is -2.40. The second-order valence-electron chi connectivity index (χ2n) is 8.45. The van der Waals surface area contributed by atoms with E-state index in [1.54, 1.807) is 13.2 Å². The number of carbonyl (C=O) groups is 2. The summed E-state index contributed by atoms with van der Waals surface area (Å²) in [5, 5.41) is 4.97. The van der Waals surface area contributed by atoms with Crippen molar-refractivity contribution in [2.24, 2.45) is 5.92 Å². The highest BCUT2D eigenvalue weighted by atomic mass is 79.9. The second-order valence-corrected chi connectivity index (χ2v) is 9.61. The van der Waals surface area contributed by atoms with Crippen molar-refractivity contribution in [3.05, 3.63) is 50.2 Å². The summed E-state index contributed by atoms with van der Waals surface area (Å²) in [6, 6.07) is 5.65. The molecule has 1 amide bonds. The fourth-order valence-corrected chi connectivity index (χ4v) is 5.43. The maximum absolute atomic E-state index is 13.5. The van der Waals surface area contributed by atoms with Crippen molar-refractivity contribution in [2.45, 2.75) is 44.1 Å². The minimum atomic E-state index is -0.207. The molecule has 2 aliphatic carbocycles. The molecule has 0 N–H and O–H groups in total. The van der Waals surface area contributed by atoms with Crippen LogP contribution in [0.5, 0.6) is 0 Å². The predicted molar refractivity (Wildman–Crippen MR) is 116 cm³/mol. The number of likely N-dealkylation sites (tertiary alicyclic amines) is 1. The third-order valence-corrected chi connectivity index (χ3v) is 7.49. The Morgan fingerprint density at radius 2 is 2.00 bits per heavy atom. The Bertz CT molecular complexity index is 1030. The Balaban J connectivity index is 1.44. The van der Waals surface area contributed by atoms with Crippen LogP contribution in [0.2, 0.25) is 5.02 Å². The van der Waals surface area contributed by atoms with Crippen molar-refractivity contribution in [3.8, 4) is 0 Å². The molecule has 158 valence electrons. The first-order chi connectivity index (χ1) is 14.5. The van der Waals surface area contributed by atoms with Crippen LogP contribution in [0, 0.1) is 5.92 Å². The molecule has 8 heteroatoms. The molecule has 1 saturated carbocycles. The van der Waals surface area contributed by atoms with Gasteiger partial charge in [0.2, 0.25) is 5.91 Å². The normalized spacial score (nSPS) is 21.3. The van der Waals surface area contributed by atoms with Gasteiger partial charge in [0.05, 0.1) is 22.4 Å². The average molecular weight is 493 g/mol. The van der Waals surface area contributed by atoms with Crippen LogP contribution in [0.4, 0.5) is 0 Å². The van der Waals surface area contributed by atoms with Crippen molar-refractivity contribution in [1.82, 2.24) is 14.7 Å². The first-order valence-corrected chi connectivity index (χ1v) is 11.6. The number of rotatable bonds is 4. The first kappa shape index (κ1) is 20.2. The Kier molecular flexibility index (Phi) is 5.24. The van der Waals surface area contributed by atoms with Gasteiger partial charge in [0.15, 0.2) is 0 Å². The molecule has 1 atom stereocenters. The Hall–Kier alpha value is -1.70. The molecule has 0 spiro atoms. The number of benzene rings is 1. The van der Waals surface area contributed by atoms with E-state index in [-0.39, 0.29) is 23.8 Å². The summed E-state index contributed by atoms with van der Waals surface area (Å²) in [7, 11) is 1.67. The summed E-state index contributed by atoms with van der Waals surface area (Å²) in [5.74, 6) is 0.189. The lowest BCUT2D eigenvalue weighted by Crippen LogP contribution is -2.56. The van der Waals surface area contributed by atoms with Gasteiger partial charge in [-0.2, -0.15) is 9.78 Å². The molecule has 1 unspecified atom stereocenters. The smallest absolute Gasteiger partial charge is 0.280 e. The van der Waals surface area contributed by atoms with Gasteiger partial charge in [-0.05, 0) is 59.2 Å². The van der Waals surface area contributed by atoms with E-state index in [0.717, 1.165) is 42.5 Å². The SMILES string of the molecule is COC1CN(C(=O)C2CCc3c(Br)nn(C(=O)c4c(Cl)cccc4C4CC4)c3C2)C1. The topological polar surface area (TPSA) is 64.4 Å². The molecular weight excluding hydrogens is 470 g/mol. The van der Waals surface area contributed by atoms with E-state index in [4.69, 9.17) is 16.3 Å². The van der Waals surface area contributed by atoms with Crippen LogP contribution >= 0.6 is 27.5 Å². The maximum atomic E-state index is 13.5. The molecule has 3 aliphatic rings. The van der Waals surface area contributed by atoms with Crippen LogP contribution in [0.1, 0.15) is 52.4 Å². The Labute approximate surface area is 188 Å². The van der Waals surface area contributed by atoms with E-state index in [9.17, 15) is 9.59 Å². The number of hydrogen-bond acceptors (Lipinski definition) is 4. The molecule has 1 saturated heterocycles. The minimum Gasteiger partial charge on any atom is -0.378 e. The average Bonchev–Trinajstić information content (AvgIpc) is 3.50. The highest BCUT2D eigenvalue weighted by molar-refractivity contribution is 9.10. The van der Waals surface area contributed by atoms with Crippen LogP contribution in [0.15, 0.2) is 22.8 Å². The Morgan fingerprint density at radius 1 is 1.23 bits per heavy atom. The molecule has 0 radical (unpaired) electrons. The van der Waals surface area contributed by atoms with Crippen LogP contribution in [0.25, 0.3) is 0 Å². The molecule has 2 aromatic rings. The lowest BCUT2D eigenvalue weighted by molar-refractivity contribution is -0.147. The molecule has 30 heavy (non-hydrogen) atoms. The third kappa shape index (κ3) is 3.41. The van der Waals surface area contributed by atoms with Crippen molar-refractivity contribution in [1.29, 1.82) is 0 Å². The van der Waals surface area contributed by atoms with Gasteiger partial charge in [0.1, 0.15) is 4.60 Å². The molecule has 1 aromatic carbocycles. The van der Waals surface area contributed by atoms with Gasteiger partial charge in [0, 0.05) is 38.1 Å². The number of amides is 1. The van der Waals surface area contributed by atoms with Crippen LogP contribution in [-0.4, -0.2) is 52.8 Å². The number of halogens is 2. The van der Waals surface area contributed by atoms with E-state index in [1.807, 2.05) is 17.0 Å². The van der Waals surface area contributed by atoms with E-state index < -0.39 is 0 Å². The second kappa shape index (κ2) is 7.77. The fourth-order valence-electron chi connectivity index (χ4n) is 4.58. The van der Waals surface area contributed by atoms with Gasteiger partial charge in [-0.3, -0.25) is 9.59 Å². The molecule has 0 bridgehead atoms. The zero-order valence-corrected chi connectivity index (χ0v) is 19.1. The number of methoxy groups -OCH3 is 1. The number of hydrogen-bond donors (Lipinski definition) is 0. The van der Waals surface area contributed by atoms with Crippen LogP contribution in [0.3, 0.4) is 0 Å². The molecule has 6 nitrogen and oxygen atoms in total. The number of fused-ring (bicyclic) bond motifs is 1. The van der Waals surface area contributed by atoms with Gasteiger partial charge in [-0.15, -0.1) is 0 Å². The summed E-state index contributed by atoms with van der Waals surface area (Å²) in [4.78, 5) is 28.3. The van der Waals surface area contributed by atoms with Crippen molar-refractivity contribution in [3.63, 3.8) is 0 Å². The fraction of sp³-hybridized carbons (Fsp3) is 0.500. The monoisotopic (exact) mass is 491 g/mol. The standard InChI is InChI=1S/C22H23BrClN3O3/c1-30-14-10-26(11-14)21(28)13-7-8-16-18(9-13)27(25-20(16)23)22(29)19-15(12-5-6-12)3-2-4-17(19)24/h2-4,12-14H,5-11H2,1H3. The van der Waals surface area contributed by atoms with Gasteiger partial charge in [-0.1, -0.05) is 23.7 Å². The molecule has 1 aliphatic heterocycles. The van der Waals surface area contributed by atoms with Gasteiger partial charge >= 0.3 is 0 Å². The number of carbonyl (C=O) groups excluding carboxylic acids is 2. The number of ether oxygens (including phenoxy) is 1. The van der Waals surface area contributed by atoms with E-state index in [0.29, 0.717) is 40.6 Å². The van der Waals surface area contributed by atoms with E-state index in [1.165, 1.54) is 4.68 Å². The van der Waals surface area contributed by atoms with Gasteiger partial charge in [-0.25, -0.2) is 0 Å². The lowest BCUT2D eigenvalue weighted by atomic mass is 9.86. The zero-order valence-electron chi connectivity index (χ0n) is 16.7. The van der Waals surface area contributed by atoms with Gasteiger partial charge in [0.25, 0.3) is 5.91 Å². The highest BCUT2D eigenvalue weighted by Gasteiger charge is 2.38. The number of nitrogens with zero attached hydrogens (tertiary/aromatic N) is 3. The van der Waals surface area contributed by atoms with Gasteiger partial charge < -0.3 is 9.64 Å². The zero-order chi connectivity index (χ0) is 21.0. The highest BCUT2D eigenvalue weighted by Crippen LogP contribution is 2.43. The van der Waals surface area contributed by atoms with Crippen LogP contribution < -0.4 is 0 Å². The van der Waals surface area contributed by atoms with E-state index >= 15 is 0 Å². The third-order valence-electron chi connectivity index (χ3n) is 6.53. The quantitative estimate of drug-likeness (QED) is 0.651. The predicted octanol–water partition coefficient (Wildman–Crippen LogP) is 3.83. The first-order valence-electron chi connectivity index (χ1n) is 10.4. The summed E-state index contributed by atoms with van der Waals surface area (Å²) in [6.45, 7) is 1.29. The maximum Gasteiger partial charge on any atom is 0.280 e. The minimum absolute atomic E-state index is 0.135. The molecular formula is C22H23BrClN3O3. The molecule has 5 rings (SSSR count). The summed E-state index contributed by atoms with van der Waals surface area (Å²) < 4.78 is 7.44. The largest absolute Gasteiger partial charge is 0.378 e. The summed E-state index contributed by atoms with van der Waals surface area (Å²) in [6.07, 6.45) is 4.29. The summed E-state index contributed by atoms with van der Waals surface area (Å²) in [5.41, 5.74) is 3.38. The molecule has 1 aromatic heterocycles.